The van der Waals surface area contributed by atoms with Crippen molar-refractivity contribution in [3.05, 3.63) is 59.5 Å². The molecular weight excluding hydrogens is 317 g/mol. The van der Waals surface area contributed by atoms with E-state index >= 15 is 0 Å². The summed E-state index contributed by atoms with van der Waals surface area (Å²) in [5, 5.41) is 18.7. The molecule has 0 aliphatic carbocycles. The maximum atomic E-state index is 12.6. The molecule has 5 nitrogen and oxygen atoms in total. The number of para-hydroxylation sites is 1. The molecule has 0 atom stereocenters. The van der Waals surface area contributed by atoms with Crippen molar-refractivity contribution in [1.82, 2.24) is 9.38 Å². The maximum Gasteiger partial charge on any atom is 0.489 e. The van der Waals surface area contributed by atoms with Crippen LogP contribution in [0.25, 0.3) is 5.65 Å². The van der Waals surface area contributed by atoms with Gasteiger partial charge in [-0.3, -0.25) is 0 Å². The fourth-order valence-corrected chi connectivity index (χ4v) is 2.63. The molecule has 0 radical (unpaired) electrons. The molecule has 0 aliphatic rings. The number of aromatic nitrogens is 2. The van der Waals surface area contributed by atoms with Gasteiger partial charge in [0.05, 0.1) is 5.69 Å². The maximum absolute atomic E-state index is 12.6. The summed E-state index contributed by atoms with van der Waals surface area (Å²) in [5.41, 5.74) is 3.04. The predicted molar refractivity (Wildman–Crippen MR) is 85.6 cm³/mol. The predicted octanol–water partition coefficient (Wildman–Crippen LogP) is 1.51. The molecule has 3 rings (SSSR count). The Labute approximate surface area is 137 Å². The smallest absolute Gasteiger partial charge is 0.435 e. The molecule has 0 fully saturated rings. The highest BCUT2D eigenvalue weighted by Crippen LogP contribution is 2.24. The van der Waals surface area contributed by atoms with Gasteiger partial charge in [0.25, 0.3) is 0 Å². The van der Waals surface area contributed by atoms with Crippen molar-refractivity contribution in [3.63, 3.8) is 0 Å². The summed E-state index contributed by atoms with van der Waals surface area (Å²) >= 11 is 0. The topological polar surface area (TPSA) is 67.0 Å². The first-order valence-corrected chi connectivity index (χ1v) is 7.32. The standard InChI is InChI=1S/C16H15BF2N2O3/c1-10-13(8-11-4-2-3-5-14(11)24-16(18)19)21-9-12(17(22)23)6-7-15(21)20-10/h2-7,9,16,22-23H,8H2,1H3. The SMILES string of the molecule is Cc1nc2ccc(B(O)O)cn2c1Cc1ccccc1OC(F)F. The van der Waals surface area contributed by atoms with Crippen LogP contribution in [0, 0.1) is 6.92 Å². The van der Waals surface area contributed by atoms with Crippen LogP contribution in [0.4, 0.5) is 8.78 Å². The third kappa shape index (κ3) is 3.24. The lowest BCUT2D eigenvalue weighted by molar-refractivity contribution is -0.0503. The van der Waals surface area contributed by atoms with Gasteiger partial charge in [0.2, 0.25) is 0 Å². The van der Waals surface area contributed by atoms with E-state index in [-0.39, 0.29) is 5.75 Å². The van der Waals surface area contributed by atoms with Gasteiger partial charge < -0.3 is 19.2 Å². The van der Waals surface area contributed by atoms with E-state index in [0.717, 1.165) is 11.4 Å². The highest BCUT2D eigenvalue weighted by molar-refractivity contribution is 6.58. The van der Waals surface area contributed by atoms with E-state index in [9.17, 15) is 18.8 Å². The highest BCUT2D eigenvalue weighted by Gasteiger charge is 2.17. The number of alkyl halides is 2. The van der Waals surface area contributed by atoms with Gasteiger partial charge in [0.1, 0.15) is 11.4 Å². The van der Waals surface area contributed by atoms with Gasteiger partial charge in [-0.25, -0.2) is 4.98 Å². The van der Waals surface area contributed by atoms with Crippen LogP contribution >= 0.6 is 0 Å². The van der Waals surface area contributed by atoms with Gasteiger partial charge >= 0.3 is 13.7 Å². The van der Waals surface area contributed by atoms with Gasteiger partial charge in [-0.05, 0) is 24.5 Å². The van der Waals surface area contributed by atoms with Crippen molar-refractivity contribution in [2.75, 3.05) is 0 Å². The molecule has 0 saturated carbocycles. The molecule has 0 saturated heterocycles. The van der Waals surface area contributed by atoms with Crippen LogP contribution in [0.1, 0.15) is 17.0 Å². The second kappa shape index (κ2) is 6.58. The van der Waals surface area contributed by atoms with Crippen LogP contribution in [-0.2, 0) is 6.42 Å². The lowest BCUT2D eigenvalue weighted by atomic mass is 9.82. The van der Waals surface area contributed by atoms with Crippen molar-refractivity contribution in [3.8, 4) is 5.75 Å². The van der Waals surface area contributed by atoms with Crippen molar-refractivity contribution < 1.29 is 23.6 Å². The first-order chi connectivity index (χ1) is 11.5. The molecule has 0 amide bonds. The Balaban J connectivity index is 2.04. The number of hydrogen-bond acceptors (Lipinski definition) is 4. The number of nitrogens with zero attached hydrogens (tertiary/aromatic N) is 2. The molecule has 0 bridgehead atoms. The fourth-order valence-electron chi connectivity index (χ4n) is 2.63. The Morgan fingerprint density at radius 3 is 2.67 bits per heavy atom. The first kappa shape index (κ1) is 16.4. The molecular formula is C16H15BF2N2O3. The number of aryl methyl sites for hydroxylation is 1. The Morgan fingerprint density at radius 2 is 1.96 bits per heavy atom. The fraction of sp³-hybridized carbons (Fsp3) is 0.188. The molecule has 3 aromatic rings. The molecule has 24 heavy (non-hydrogen) atoms. The highest BCUT2D eigenvalue weighted by atomic mass is 19.3. The lowest BCUT2D eigenvalue weighted by Crippen LogP contribution is -2.30. The Morgan fingerprint density at radius 1 is 1.21 bits per heavy atom. The second-order valence-electron chi connectivity index (χ2n) is 5.37. The molecule has 1 aromatic carbocycles. The minimum atomic E-state index is -2.90. The molecule has 8 heteroatoms. The van der Waals surface area contributed by atoms with Gasteiger partial charge in [0, 0.05) is 23.9 Å². The van der Waals surface area contributed by atoms with Crippen LogP contribution in [0.5, 0.6) is 5.75 Å². The number of rotatable bonds is 5. The molecule has 2 heterocycles. The van der Waals surface area contributed by atoms with E-state index in [0.29, 0.717) is 23.1 Å². The van der Waals surface area contributed by atoms with Crippen LogP contribution in [0.15, 0.2) is 42.6 Å². The molecule has 2 aromatic heterocycles. The van der Waals surface area contributed by atoms with Crippen molar-refractivity contribution >= 4 is 18.2 Å². The largest absolute Gasteiger partial charge is 0.489 e. The molecule has 0 aliphatic heterocycles. The summed E-state index contributed by atoms with van der Waals surface area (Å²) in [6.45, 7) is -1.08. The van der Waals surface area contributed by atoms with Crippen LogP contribution < -0.4 is 10.2 Å². The number of hydrogen-bond donors (Lipinski definition) is 2. The summed E-state index contributed by atoms with van der Waals surface area (Å²) in [5.74, 6) is 0.111. The number of benzene rings is 1. The normalized spacial score (nSPS) is 11.2. The summed E-state index contributed by atoms with van der Waals surface area (Å²) in [7, 11) is -1.60. The molecule has 2 N–H and O–H groups in total. The van der Waals surface area contributed by atoms with Gasteiger partial charge in [0.15, 0.2) is 0 Å². The van der Waals surface area contributed by atoms with E-state index in [1.54, 1.807) is 40.9 Å². The number of ether oxygens (including phenoxy) is 1. The Hall–Kier alpha value is -2.45. The van der Waals surface area contributed by atoms with E-state index in [4.69, 9.17) is 0 Å². The summed E-state index contributed by atoms with van der Waals surface area (Å²) < 4.78 is 31.4. The second-order valence-corrected chi connectivity index (χ2v) is 5.37. The van der Waals surface area contributed by atoms with Gasteiger partial charge in [-0.1, -0.05) is 24.3 Å². The van der Waals surface area contributed by atoms with E-state index in [2.05, 4.69) is 9.72 Å². The first-order valence-electron chi connectivity index (χ1n) is 7.32. The number of fused-ring (bicyclic) bond motifs is 1. The minimum absolute atomic E-state index is 0.111. The average Bonchev–Trinajstić information content (AvgIpc) is 2.84. The zero-order valence-electron chi connectivity index (χ0n) is 12.9. The zero-order valence-corrected chi connectivity index (χ0v) is 12.9. The number of halogens is 2. The average molecular weight is 332 g/mol. The summed E-state index contributed by atoms with van der Waals surface area (Å²) in [4.78, 5) is 4.41. The van der Waals surface area contributed by atoms with Gasteiger partial charge in [-0.2, -0.15) is 8.78 Å². The molecule has 0 spiro atoms. The quantitative estimate of drug-likeness (QED) is 0.695. The molecule has 124 valence electrons. The number of imidazole rings is 1. The third-order valence-corrected chi connectivity index (χ3v) is 3.79. The summed E-state index contributed by atoms with van der Waals surface area (Å²) in [6, 6.07) is 9.82. The van der Waals surface area contributed by atoms with Crippen molar-refractivity contribution in [1.29, 1.82) is 0 Å². The zero-order chi connectivity index (χ0) is 17.3. The molecule has 0 unspecified atom stereocenters. The third-order valence-electron chi connectivity index (χ3n) is 3.79. The van der Waals surface area contributed by atoms with Crippen LogP contribution in [-0.4, -0.2) is 33.2 Å². The Bertz CT molecular complexity index is 868. The summed E-state index contributed by atoms with van der Waals surface area (Å²) in [6.07, 6.45) is 1.90. The van der Waals surface area contributed by atoms with Gasteiger partial charge in [-0.15, -0.1) is 0 Å². The lowest BCUT2D eigenvalue weighted by Gasteiger charge is -2.11. The van der Waals surface area contributed by atoms with Crippen molar-refractivity contribution in [2.45, 2.75) is 20.0 Å². The van der Waals surface area contributed by atoms with E-state index in [1.807, 2.05) is 6.92 Å². The van der Waals surface area contributed by atoms with Crippen molar-refractivity contribution in [2.24, 2.45) is 0 Å². The van der Waals surface area contributed by atoms with E-state index in [1.165, 1.54) is 6.07 Å². The minimum Gasteiger partial charge on any atom is -0.435 e. The number of pyridine rings is 1. The monoisotopic (exact) mass is 332 g/mol. The Kier molecular flexibility index (Phi) is 4.50. The van der Waals surface area contributed by atoms with E-state index < -0.39 is 13.7 Å². The van der Waals surface area contributed by atoms with Crippen LogP contribution in [0.3, 0.4) is 0 Å². The van der Waals surface area contributed by atoms with Crippen LogP contribution in [0.2, 0.25) is 0 Å².